The molecule has 1 unspecified atom stereocenters. The number of rotatable bonds is 8. The maximum atomic E-state index is 13.4. The van der Waals surface area contributed by atoms with E-state index < -0.39 is 0 Å². The molecule has 0 aliphatic carbocycles. The number of unbranched alkanes of at least 4 members (excludes halogenated alkanes) is 2. The average Bonchev–Trinajstić information content (AvgIpc) is 3.16. The van der Waals surface area contributed by atoms with Crippen LogP contribution >= 0.6 is 0 Å². The van der Waals surface area contributed by atoms with Gasteiger partial charge in [0.05, 0.1) is 0 Å². The Kier molecular flexibility index (Phi) is 7.48. The Labute approximate surface area is 193 Å². The van der Waals surface area contributed by atoms with E-state index in [2.05, 4.69) is 77.3 Å². The minimum absolute atomic E-state index is 0.105. The summed E-state index contributed by atoms with van der Waals surface area (Å²) in [4.78, 5) is 20.6. The van der Waals surface area contributed by atoms with Crippen molar-refractivity contribution in [2.24, 2.45) is 0 Å². The van der Waals surface area contributed by atoms with Gasteiger partial charge < -0.3 is 15.1 Å². The molecule has 1 atom stereocenters. The molecule has 2 aromatic rings. The number of nitrogens with zero attached hydrogens (tertiary/aromatic N) is 3. The highest BCUT2D eigenvalue weighted by Gasteiger charge is 2.35. The summed E-state index contributed by atoms with van der Waals surface area (Å²) >= 11 is 0. The zero-order valence-electron chi connectivity index (χ0n) is 19.9. The van der Waals surface area contributed by atoms with Crippen LogP contribution < -0.4 is 10.2 Å². The molecule has 2 aromatic carbocycles. The zero-order chi connectivity index (χ0) is 22.5. The summed E-state index contributed by atoms with van der Waals surface area (Å²) in [5.41, 5.74) is 6.00. The van der Waals surface area contributed by atoms with Gasteiger partial charge in [-0.05, 0) is 49.2 Å². The van der Waals surface area contributed by atoms with Crippen molar-refractivity contribution in [3.8, 4) is 0 Å². The van der Waals surface area contributed by atoms with Crippen molar-refractivity contribution in [2.75, 3.05) is 50.0 Å². The number of carbonyl (C=O) groups is 1. The highest BCUT2D eigenvalue weighted by Crippen LogP contribution is 2.36. The second kappa shape index (κ2) is 10.5. The number of carbonyl (C=O) groups excluding carboxylic acids is 1. The number of anilines is 2. The predicted octanol–water partition coefficient (Wildman–Crippen LogP) is 4.30. The lowest BCUT2D eigenvalue weighted by Crippen LogP contribution is -2.44. The minimum Gasteiger partial charge on any atom is -0.359 e. The molecule has 0 radical (unpaired) electrons. The minimum atomic E-state index is -0.135. The van der Waals surface area contributed by atoms with E-state index in [4.69, 9.17) is 0 Å². The number of amides is 1. The van der Waals surface area contributed by atoms with E-state index in [9.17, 15) is 4.79 Å². The fourth-order valence-electron chi connectivity index (χ4n) is 5.04. The Bertz CT molecular complexity index is 920. The number of hydrogen-bond donors (Lipinski definition) is 1. The normalized spacial score (nSPS) is 19.2. The number of likely N-dealkylation sites (N-methyl/N-ethyl adjacent to an activating group) is 1. The molecule has 2 heterocycles. The maximum absolute atomic E-state index is 13.4. The van der Waals surface area contributed by atoms with Crippen LogP contribution in [0.3, 0.4) is 0 Å². The van der Waals surface area contributed by atoms with Crippen molar-refractivity contribution in [3.05, 3.63) is 59.2 Å². The zero-order valence-corrected chi connectivity index (χ0v) is 19.9. The van der Waals surface area contributed by atoms with E-state index in [1.54, 1.807) is 0 Å². The Morgan fingerprint density at radius 1 is 1.06 bits per heavy atom. The van der Waals surface area contributed by atoms with Crippen LogP contribution in [0.15, 0.2) is 42.5 Å². The molecule has 1 amide bonds. The predicted molar refractivity (Wildman–Crippen MR) is 133 cm³/mol. The smallest absolute Gasteiger partial charge is 0.247 e. The van der Waals surface area contributed by atoms with Gasteiger partial charge in [0.15, 0.2) is 0 Å². The van der Waals surface area contributed by atoms with Crippen LogP contribution in [0.2, 0.25) is 0 Å². The largest absolute Gasteiger partial charge is 0.359 e. The summed E-state index contributed by atoms with van der Waals surface area (Å²) in [7, 11) is 2.18. The summed E-state index contributed by atoms with van der Waals surface area (Å²) in [6, 6.07) is 14.7. The third-order valence-corrected chi connectivity index (χ3v) is 6.90. The van der Waals surface area contributed by atoms with Gasteiger partial charge in [0.25, 0.3) is 0 Å². The van der Waals surface area contributed by atoms with Gasteiger partial charge in [-0.15, -0.1) is 0 Å². The molecule has 1 N–H and O–H groups in total. The van der Waals surface area contributed by atoms with Crippen molar-refractivity contribution in [1.82, 2.24) is 9.80 Å². The summed E-state index contributed by atoms with van der Waals surface area (Å²) in [6.45, 7) is 10.7. The summed E-state index contributed by atoms with van der Waals surface area (Å²) < 4.78 is 0. The standard InChI is InChI=1S/C27H38N4O/c1-4-5-6-13-31-25(19-23-11-7-9-21(2)26(23)31)27(32)28-24-12-8-10-22(18-24)20-30-16-14-29(3)15-17-30/h7-12,18,25H,4-6,13-17,19-20H2,1-3H3,(H,28,32). The number of hydrogen-bond acceptors (Lipinski definition) is 4. The average molecular weight is 435 g/mol. The van der Waals surface area contributed by atoms with E-state index in [0.29, 0.717) is 0 Å². The highest BCUT2D eigenvalue weighted by atomic mass is 16.2. The number of benzene rings is 2. The first-order chi connectivity index (χ1) is 15.5. The van der Waals surface area contributed by atoms with Crippen LogP contribution in [0, 0.1) is 6.92 Å². The molecule has 172 valence electrons. The number of para-hydroxylation sites is 1. The van der Waals surface area contributed by atoms with Crippen LogP contribution in [0.25, 0.3) is 0 Å². The Morgan fingerprint density at radius 2 is 1.84 bits per heavy atom. The first-order valence-electron chi connectivity index (χ1n) is 12.2. The lowest BCUT2D eigenvalue weighted by Gasteiger charge is -2.32. The molecule has 1 saturated heterocycles. The van der Waals surface area contributed by atoms with Crippen LogP contribution in [-0.4, -0.2) is 61.5 Å². The fraction of sp³-hybridized carbons (Fsp3) is 0.519. The van der Waals surface area contributed by atoms with Gasteiger partial charge in [0.2, 0.25) is 5.91 Å². The van der Waals surface area contributed by atoms with Crippen LogP contribution in [-0.2, 0) is 17.8 Å². The van der Waals surface area contributed by atoms with Gasteiger partial charge in [0.1, 0.15) is 6.04 Å². The molecule has 0 saturated carbocycles. The second-order valence-corrected chi connectivity index (χ2v) is 9.47. The summed E-state index contributed by atoms with van der Waals surface area (Å²) in [5, 5.41) is 3.24. The Balaban J connectivity index is 1.44. The first kappa shape index (κ1) is 22.8. The molecular formula is C27H38N4O. The molecule has 1 fully saturated rings. The third kappa shape index (κ3) is 5.33. The Morgan fingerprint density at radius 3 is 2.62 bits per heavy atom. The van der Waals surface area contributed by atoms with Gasteiger partial charge in [-0.3, -0.25) is 9.69 Å². The monoisotopic (exact) mass is 434 g/mol. The van der Waals surface area contributed by atoms with Crippen molar-refractivity contribution in [2.45, 2.75) is 52.1 Å². The number of fused-ring (bicyclic) bond motifs is 1. The molecule has 4 rings (SSSR count). The highest BCUT2D eigenvalue weighted by molar-refractivity contribution is 5.98. The first-order valence-corrected chi connectivity index (χ1v) is 12.2. The van der Waals surface area contributed by atoms with Crippen molar-refractivity contribution < 1.29 is 4.79 Å². The van der Waals surface area contributed by atoms with Gasteiger partial charge in [-0.25, -0.2) is 0 Å². The van der Waals surface area contributed by atoms with Crippen LogP contribution in [0.4, 0.5) is 11.4 Å². The van der Waals surface area contributed by atoms with E-state index >= 15 is 0 Å². The lowest BCUT2D eigenvalue weighted by atomic mass is 10.1. The van der Waals surface area contributed by atoms with E-state index in [-0.39, 0.29) is 11.9 Å². The number of piperazine rings is 1. The molecule has 5 heteroatoms. The molecule has 2 aliphatic heterocycles. The van der Waals surface area contributed by atoms with Gasteiger partial charge in [-0.1, -0.05) is 50.1 Å². The number of nitrogens with one attached hydrogen (secondary N) is 1. The van der Waals surface area contributed by atoms with E-state index in [1.807, 2.05) is 6.07 Å². The quantitative estimate of drug-likeness (QED) is 0.629. The molecule has 2 aliphatic rings. The molecule has 5 nitrogen and oxygen atoms in total. The summed E-state index contributed by atoms with van der Waals surface area (Å²) in [5.74, 6) is 0.105. The SMILES string of the molecule is CCCCCN1c2c(C)cccc2CC1C(=O)Nc1cccc(CN2CCN(C)CC2)c1. The third-order valence-electron chi connectivity index (χ3n) is 6.90. The molecule has 0 bridgehead atoms. The fourth-order valence-corrected chi connectivity index (χ4v) is 5.04. The van der Waals surface area contributed by atoms with E-state index in [1.165, 1.54) is 35.2 Å². The lowest BCUT2D eigenvalue weighted by molar-refractivity contribution is -0.117. The van der Waals surface area contributed by atoms with Crippen molar-refractivity contribution in [1.29, 1.82) is 0 Å². The molecular weight excluding hydrogens is 396 g/mol. The summed E-state index contributed by atoms with van der Waals surface area (Å²) in [6.07, 6.45) is 4.29. The van der Waals surface area contributed by atoms with Crippen LogP contribution in [0.5, 0.6) is 0 Å². The van der Waals surface area contributed by atoms with Crippen molar-refractivity contribution in [3.63, 3.8) is 0 Å². The molecule has 32 heavy (non-hydrogen) atoms. The topological polar surface area (TPSA) is 38.8 Å². The van der Waals surface area contributed by atoms with Crippen molar-refractivity contribution >= 4 is 17.3 Å². The molecule has 0 aromatic heterocycles. The second-order valence-electron chi connectivity index (χ2n) is 9.47. The Hall–Kier alpha value is -2.37. The number of aryl methyl sites for hydroxylation is 1. The van der Waals surface area contributed by atoms with Gasteiger partial charge in [-0.2, -0.15) is 0 Å². The van der Waals surface area contributed by atoms with Gasteiger partial charge in [0, 0.05) is 57.1 Å². The molecule has 0 spiro atoms. The van der Waals surface area contributed by atoms with Crippen LogP contribution in [0.1, 0.15) is 42.9 Å². The maximum Gasteiger partial charge on any atom is 0.247 e. The van der Waals surface area contributed by atoms with E-state index in [0.717, 1.165) is 57.8 Å². The van der Waals surface area contributed by atoms with Gasteiger partial charge >= 0.3 is 0 Å².